The van der Waals surface area contributed by atoms with Gasteiger partial charge in [-0.15, -0.1) is 12.4 Å². The highest BCUT2D eigenvalue weighted by atomic mass is 35.5. The number of sulfonamides is 1. The molecule has 0 unspecified atom stereocenters. The van der Waals surface area contributed by atoms with Gasteiger partial charge in [0.05, 0.1) is 6.33 Å². The number of nitrogens with zero attached hydrogens (tertiary/aromatic N) is 3. The van der Waals surface area contributed by atoms with Crippen molar-refractivity contribution in [3.05, 3.63) is 12.5 Å². The number of piperazine rings is 1. The Morgan fingerprint density at radius 3 is 2.76 bits per heavy atom. The van der Waals surface area contributed by atoms with Gasteiger partial charge >= 0.3 is 0 Å². The van der Waals surface area contributed by atoms with Crippen molar-refractivity contribution in [3.8, 4) is 0 Å². The predicted octanol–water partition coefficient (Wildman–Crippen LogP) is -0.176. The Bertz CT molecular complexity index is 473. The van der Waals surface area contributed by atoms with Crippen LogP contribution in [0.1, 0.15) is 6.92 Å². The van der Waals surface area contributed by atoms with Gasteiger partial charge in [0.15, 0.2) is 5.03 Å². The Kier molecular flexibility index (Phi) is 4.54. The molecule has 1 aromatic heterocycles. The summed E-state index contributed by atoms with van der Waals surface area (Å²) in [6.45, 7) is 3.77. The van der Waals surface area contributed by atoms with Crippen molar-refractivity contribution < 1.29 is 8.42 Å². The van der Waals surface area contributed by atoms with Gasteiger partial charge in [0, 0.05) is 38.9 Å². The molecule has 0 radical (unpaired) electrons. The number of aryl methyl sites for hydroxylation is 1. The van der Waals surface area contributed by atoms with Gasteiger partial charge in [0.2, 0.25) is 0 Å². The summed E-state index contributed by atoms with van der Waals surface area (Å²) in [5.74, 6) is 0. The van der Waals surface area contributed by atoms with Crippen molar-refractivity contribution in [1.29, 1.82) is 0 Å². The molecule has 98 valence electrons. The normalized spacial score (nSPS) is 22.1. The minimum atomic E-state index is -3.43. The molecule has 17 heavy (non-hydrogen) atoms. The third-order valence-electron chi connectivity index (χ3n) is 2.69. The molecule has 6 nitrogen and oxygen atoms in total. The van der Waals surface area contributed by atoms with Crippen LogP contribution in [0.4, 0.5) is 0 Å². The monoisotopic (exact) mass is 280 g/mol. The fraction of sp³-hybridized carbons (Fsp3) is 0.667. The molecule has 0 aromatic carbocycles. The molecule has 1 atom stereocenters. The van der Waals surface area contributed by atoms with Crippen molar-refractivity contribution in [1.82, 2.24) is 19.2 Å². The van der Waals surface area contributed by atoms with E-state index < -0.39 is 10.0 Å². The Labute approximate surface area is 107 Å². The third kappa shape index (κ3) is 2.79. The summed E-state index contributed by atoms with van der Waals surface area (Å²) < 4.78 is 27.6. The van der Waals surface area contributed by atoms with Crippen LogP contribution in [0.2, 0.25) is 0 Å². The topological polar surface area (TPSA) is 67.2 Å². The first-order valence-electron chi connectivity index (χ1n) is 5.22. The van der Waals surface area contributed by atoms with Gasteiger partial charge < -0.3 is 9.88 Å². The first-order chi connectivity index (χ1) is 7.51. The molecule has 0 aliphatic carbocycles. The molecular weight excluding hydrogens is 264 g/mol. The lowest BCUT2D eigenvalue weighted by Crippen LogP contribution is -2.52. The van der Waals surface area contributed by atoms with Crippen LogP contribution in [0.15, 0.2) is 17.6 Å². The van der Waals surface area contributed by atoms with Crippen LogP contribution in [0.5, 0.6) is 0 Å². The number of hydrogen-bond acceptors (Lipinski definition) is 4. The minimum absolute atomic E-state index is 0. The number of hydrogen-bond donors (Lipinski definition) is 1. The van der Waals surface area contributed by atoms with E-state index >= 15 is 0 Å². The highest BCUT2D eigenvalue weighted by Crippen LogP contribution is 2.16. The summed E-state index contributed by atoms with van der Waals surface area (Å²) in [6, 6.07) is -0.0271. The summed E-state index contributed by atoms with van der Waals surface area (Å²) >= 11 is 0. The quantitative estimate of drug-likeness (QED) is 0.816. The standard InChI is InChI=1S/C9H16N4O2S.ClH/c1-8-5-10-3-4-13(8)16(14,15)9-6-12(2)7-11-9;/h6-8,10H,3-5H2,1-2H3;1H/t8-;/m0./s1. The minimum Gasteiger partial charge on any atom is -0.339 e. The Morgan fingerprint density at radius 2 is 2.24 bits per heavy atom. The third-order valence-corrected chi connectivity index (χ3v) is 4.59. The molecule has 1 saturated heterocycles. The van der Waals surface area contributed by atoms with Crippen molar-refractivity contribution in [2.45, 2.75) is 18.0 Å². The van der Waals surface area contributed by atoms with Crippen LogP contribution < -0.4 is 5.32 Å². The molecule has 1 aliphatic rings. The summed E-state index contributed by atoms with van der Waals surface area (Å²) in [4.78, 5) is 3.91. The molecule has 2 heterocycles. The average molecular weight is 281 g/mol. The van der Waals surface area contributed by atoms with E-state index in [0.29, 0.717) is 19.6 Å². The molecule has 2 rings (SSSR count). The number of nitrogens with one attached hydrogen (secondary N) is 1. The number of aromatic nitrogens is 2. The summed E-state index contributed by atoms with van der Waals surface area (Å²) in [5, 5.41) is 3.29. The molecule has 0 bridgehead atoms. The van der Waals surface area contributed by atoms with Gasteiger partial charge in [-0.25, -0.2) is 13.4 Å². The van der Waals surface area contributed by atoms with E-state index in [-0.39, 0.29) is 23.5 Å². The van der Waals surface area contributed by atoms with E-state index in [9.17, 15) is 8.42 Å². The lowest BCUT2D eigenvalue weighted by atomic mass is 10.3. The van der Waals surface area contributed by atoms with E-state index in [1.807, 2.05) is 6.92 Å². The Balaban J connectivity index is 0.00000144. The average Bonchev–Trinajstić information content (AvgIpc) is 2.66. The molecule has 1 aromatic rings. The molecular formula is C9H17ClN4O2S. The molecule has 0 amide bonds. The second-order valence-electron chi connectivity index (χ2n) is 4.05. The lowest BCUT2D eigenvalue weighted by Gasteiger charge is -2.32. The maximum Gasteiger partial charge on any atom is 0.262 e. The van der Waals surface area contributed by atoms with Crippen molar-refractivity contribution in [3.63, 3.8) is 0 Å². The molecule has 1 fully saturated rings. The highest BCUT2D eigenvalue weighted by molar-refractivity contribution is 7.89. The van der Waals surface area contributed by atoms with E-state index in [1.165, 1.54) is 16.8 Å². The first kappa shape index (κ1) is 14.4. The highest BCUT2D eigenvalue weighted by Gasteiger charge is 2.32. The smallest absolute Gasteiger partial charge is 0.262 e. The van der Waals surface area contributed by atoms with Gasteiger partial charge in [-0.1, -0.05) is 0 Å². The van der Waals surface area contributed by atoms with Crippen molar-refractivity contribution >= 4 is 22.4 Å². The second-order valence-corrected chi connectivity index (χ2v) is 5.88. The van der Waals surface area contributed by atoms with Crippen LogP contribution in [0.3, 0.4) is 0 Å². The molecule has 1 N–H and O–H groups in total. The number of rotatable bonds is 2. The van der Waals surface area contributed by atoms with Gasteiger partial charge in [-0.2, -0.15) is 4.31 Å². The SMILES string of the molecule is C[C@H]1CNCCN1S(=O)(=O)c1cn(C)cn1.Cl. The van der Waals surface area contributed by atoms with Crippen LogP contribution in [-0.4, -0.2) is 48.0 Å². The maximum atomic E-state index is 12.2. The van der Waals surface area contributed by atoms with Crippen molar-refractivity contribution in [2.75, 3.05) is 19.6 Å². The first-order valence-corrected chi connectivity index (χ1v) is 6.66. The van der Waals surface area contributed by atoms with Crippen LogP contribution in [-0.2, 0) is 17.1 Å². The van der Waals surface area contributed by atoms with Crippen LogP contribution in [0, 0.1) is 0 Å². The zero-order valence-corrected chi connectivity index (χ0v) is 11.5. The van der Waals surface area contributed by atoms with Gasteiger partial charge in [0.25, 0.3) is 10.0 Å². The lowest BCUT2D eigenvalue weighted by molar-refractivity contribution is 0.283. The number of imidazole rings is 1. The largest absolute Gasteiger partial charge is 0.339 e. The van der Waals surface area contributed by atoms with Crippen LogP contribution >= 0.6 is 12.4 Å². The summed E-state index contributed by atoms with van der Waals surface area (Å²) in [6.07, 6.45) is 3.03. The van der Waals surface area contributed by atoms with Crippen molar-refractivity contribution in [2.24, 2.45) is 7.05 Å². The van der Waals surface area contributed by atoms with E-state index in [0.717, 1.165) is 0 Å². The van der Waals surface area contributed by atoms with E-state index in [2.05, 4.69) is 10.3 Å². The molecule has 8 heteroatoms. The van der Waals surface area contributed by atoms with Crippen LogP contribution in [0.25, 0.3) is 0 Å². The van der Waals surface area contributed by atoms with E-state index in [4.69, 9.17) is 0 Å². The molecule has 1 aliphatic heterocycles. The van der Waals surface area contributed by atoms with E-state index in [1.54, 1.807) is 11.6 Å². The van der Waals surface area contributed by atoms with Gasteiger partial charge in [0.1, 0.15) is 0 Å². The second kappa shape index (κ2) is 5.34. The van der Waals surface area contributed by atoms with Gasteiger partial charge in [-0.3, -0.25) is 0 Å². The fourth-order valence-corrected chi connectivity index (χ4v) is 3.42. The molecule has 0 spiro atoms. The molecule has 0 saturated carbocycles. The zero-order chi connectivity index (χ0) is 11.8. The summed E-state index contributed by atoms with van der Waals surface area (Å²) in [7, 11) is -1.67. The number of halogens is 1. The van der Waals surface area contributed by atoms with Gasteiger partial charge in [-0.05, 0) is 6.92 Å². The fourth-order valence-electron chi connectivity index (χ4n) is 1.82. The maximum absolute atomic E-state index is 12.2. The summed E-state index contributed by atoms with van der Waals surface area (Å²) in [5.41, 5.74) is 0. The Morgan fingerprint density at radius 1 is 1.53 bits per heavy atom. The Hall–Kier alpha value is -0.630. The predicted molar refractivity (Wildman–Crippen MR) is 66.7 cm³/mol. The zero-order valence-electron chi connectivity index (χ0n) is 9.83.